The van der Waals surface area contributed by atoms with Crippen molar-refractivity contribution in [1.29, 1.82) is 0 Å². The Kier molecular flexibility index (Phi) is 3.36. The predicted molar refractivity (Wildman–Crippen MR) is 59.6 cm³/mol. The van der Waals surface area contributed by atoms with Crippen LogP contribution < -0.4 is 10.1 Å². The highest BCUT2D eigenvalue weighted by Gasteiger charge is 2.14. The molecule has 0 bridgehead atoms. The molecular weight excluding hydrogens is 208 g/mol. The highest BCUT2D eigenvalue weighted by atomic mass is 16.6. The minimum Gasteiger partial charge on any atom is -0.489 e. The summed E-state index contributed by atoms with van der Waals surface area (Å²) in [7, 11) is 0. The Bertz CT molecular complexity index is 358. The first kappa shape index (κ1) is 10.9. The summed E-state index contributed by atoms with van der Waals surface area (Å²) in [6, 6.07) is 6.22. The first-order valence-electron chi connectivity index (χ1n) is 5.37. The van der Waals surface area contributed by atoms with Gasteiger partial charge in [0.1, 0.15) is 11.9 Å². The molecule has 1 heterocycles. The fraction of sp³-hybridized carbons (Fsp3) is 0.455. The van der Waals surface area contributed by atoms with E-state index in [0.29, 0.717) is 5.75 Å². The average Bonchev–Trinajstić information content (AvgIpc) is 2.31. The Morgan fingerprint density at radius 3 is 2.69 bits per heavy atom. The number of nitrogens with one attached hydrogen (secondary N) is 1. The lowest BCUT2D eigenvalue weighted by Gasteiger charge is -2.23. The molecule has 2 rings (SSSR count). The van der Waals surface area contributed by atoms with Gasteiger partial charge in [0.05, 0.1) is 4.92 Å². The highest BCUT2D eigenvalue weighted by Crippen LogP contribution is 2.19. The zero-order chi connectivity index (χ0) is 11.4. The summed E-state index contributed by atoms with van der Waals surface area (Å²) in [6.45, 7) is 1.89. The maximum Gasteiger partial charge on any atom is 0.269 e. The fourth-order valence-electron chi connectivity index (χ4n) is 1.76. The van der Waals surface area contributed by atoms with Crippen molar-refractivity contribution in [2.75, 3.05) is 13.1 Å². The van der Waals surface area contributed by atoms with E-state index in [0.717, 1.165) is 25.9 Å². The van der Waals surface area contributed by atoms with Gasteiger partial charge in [0.15, 0.2) is 0 Å². The summed E-state index contributed by atoms with van der Waals surface area (Å²) >= 11 is 0. The Hall–Kier alpha value is -1.62. The number of non-ortho nitro benzene ring substituents is 1. The molecule has 1 saturated heterocycles. The van der Waals surface area contributed by atoms with E-state index in [1.807, 2.05) is 0 Å². The summed E-state index contributed by atoms with van der Waals surface area (Å²) in [5.74, 6) is 0.694. The van der Waals surface area contributed by atoms with Crippen LogP contribution in [0.3, 0.4) is 0 Å². The van der Waals surface area contributed by atoms with Crippen LogP contribution in [0.4, 0.5) is 5.69 Å². The summed E-state index contributed by atoms with van der Waals surface area (Å²) in [4.78, 5) is 10.0. The van der Waals surface area contributed by atoms with Crippen molar-refractivity contribution in [3.05, 3.63) is 34.4 Å². The van der Waals surface area contributed by atoms with Crippen molar-refractivity contribution < 1.29 is 9.66 Å². The van der Waals surface area contributed by atoms with E-state index in [4.69, 9.17) is 4.74 Å². The number of nitrogens with zero attached hydrogens (tertiary/aromatic N) is 1. The van der Waals surface area contributed by atoms with Crippen molar-refractivity contribution in [3.63, 3.8) is 0 Å². The van der Waals surface area contributed by atoms with Crippen LogP contribution in [0.2, 0.25) is 0 Å². The zero-order valence-electron chi connectivity index (χ0n) is 8.89. The molecule has 0 spiro atoms. The maximum absolute atomic E-state index is 10.5. The number of nitro groups is 1. The molecule has 1 atom stereocenters. The van der Waals surface area contributed by atoms with Gasteiger partial charge in [0, 0.05) is 18.7 Å². The van der Waals surface area contributed by atoms with Crippen LogP contribution in [0.15, 0.2) is 24.3 Å². The first-order valence-corrected chi connectivity index (χ1v) is 5.37. The van der Waals surface area contributed by atoms with E-state index < -0.39 is 4.92 Å². The second kappa shape index (κ2) is 4.94. The number of hydrogen-bond acceptors (Lipinski definition) is 4. The molecular formula is C11H14N2O3. The molecule has 0 aliphatic carbocycles. The topological polar surface area (TPSA) is 64.4 Å². The molecule has 1 aromatic carbocycles. The third kappa shape index (κ3) is 2.70. The van der Waals surface area contributed by atoms with Gasteiger partial charge in [-0.1, -0.05) is 0 Å². The minimum absolute atomic E-state index is 0.0918. The fourth-order valence-corrected chi connectivity index (χ4v) is 1.76. The van der Waals surface area contributed by atoms with Gasteiger partial charge < -0.3 is 10.1 Å². The smallest absolute Gasteiger partial charge is 0.269 e. The summed E-state index contributed by atoms with van der Waals surface area (Å²) < 4.78 is 5.70. The molecule has 0 unspecified atom stereocenters. The van der Waals surface area contributed by atoms with Crippen LogP contribution >= 0.6 is 0 Å². The van der Waals surface area contributed by atoms with Crippen molar-refractivity contribution in [2.45, 2.75) is 18.9 Å². The zero-order valence-corrected chi connectivity index (χ0v) is 8.89. The summed E-state index contributed by atoms with van der Waals surface area (Å²) in [5.41, 5.74) is 0.0918. The molecule has 0 saturated carbocycles. The van der Waals surface area contributed by atoms with Crippen molar-refractivity contribution >= 4 is 5.69 Å². The van der Waals surface area contributed by atoms with Crippen LogP contribution in [-0.2, 0) is 0 Å². The average molecular weight is 222 g/mol. The standard InChI is InChI=1S/C11H14N2O3/c14-13(15)9-3-5-10(6-4-9)16-11-2-1-7-12-8-11/h3-6,11-12H,1-2,7-8H2/t11-/m1/s1. The molecule has 86 valence electrons. The molecule has 0 radical (unpaired) electrons. The first-order chi connectivity index (χ1) is 7.75. The molecule has 1 N–H and O–H groups in total. The Morgan fingerprint density at radius 2 is 2.12 bits per heavy atom. The third-order valence-electron chi connectivity index (χ3n) is 2.60. The van der Waals surface area contributed by atoms with Crippen molar-refractivity contribution in [3.8, 4) is 5.75 Å². The maximum atomic E-state index is 10.5. The second-order valence-corrected chi connectivity index (χ2v) is 3.84. The molecule has 1 aliphatic rings. The van der Waals surface area contributed by atoms with Gasteiger partial charge in [-0.25, -0.2) is 0 Å². The van der Waals surface area contributed by atoms with Gasteiger partial charge in [0.25, 0.3) is 5.69 Å². The van der Waals surface area contributed by atoms with Gasteiger partial charge >= 0.3 is 0 Å². The quantitative estimate of drug-likeness (QED) is 0.624. The third-order valence-corrected chi connectivity index (χ3v) is 2.60. The van der Waals surface area contributed by atoms with Gasteiger partial charge in [0.2, 0.25) is 0 Å². The van der Waals surface area contributed by atoms with E-state index in [9.17, 15) is 10.1 Å². The SMILES string of the molecule is O=[N+]([O-])c1ccc(O[C@@H]2CCCNC2)cc1. The molecule has 1 aromatic rings. The molecule has 1 fully saturated rings. The van der Waals surface area contributed by atoms with Crippen molar-refractivity contribution in [2.24, 2.45) is 0 Å². The van der Waals surface area contributed by atoms with Gasteiger partial charge in [-0.15, -0.1) is 0 Å². The van der Waals surface area contributed by atoms with E-state index in [2.05, 4.69) is 5.32 Å². The summed E-state index contributed by atoms with van der Waals surface area (Å²) in [6.07, 6.45) is 2.32. The Morgan fingerprint density at radius 1 is 1.38 bits per heavy atom. The van der Waals surface area contributed by atoms with E-state index in [1.54, 1.807) is 12.1 Å². The lowest BCUT2D eigenvalue weighted by molar-refractivity contribution is -0.384. The highest BCUT2D eigenvalue weighted by molar-refractivity contribution is 5.36. The molecule has 1 aliphatic heterocycles. The molecule has 0 aromatic heterocycles. The second-order valence-electron chi connectivity index (χ2n) is 3.84. The van der Waals surface area contributed by atoms with Crippen LogP contribution in [0.1, 0.15) is 12.8 Å². The Labute approximate surface area is 93.6 Å². The number of nitro benzene ring substituents is 1. The van der Waals surface area contributed by atoms with Crippen LogP contribution in [0.25, 0.3) is 0 Å². The number of benzene rings is 1. The minimum atomic E-state index is -0.411. The van der Waals surface area contributed by atoms with Crippen LogP contribution in [0, 0.1) is 10.1 Å². The van der Waals surface area contributed by atoms with E-state index >= 15 is 0 Å². The number of piperidine rings is 1. The largest absolute Gasteiger partial charge is 0.489 e. The molecule has 5 nitrogen and oxygen atoms in total. The van der Waals surface area contributed by atoms with Crippen LogP contribution in [-0.4, -0.2) is 24.1 Å². The number of rotatable bonds is 3. The van der Waals surface area contributed by atoms with Crippen LogP contribution in [0.5, 0.6) is 5.75 Å². The molecule has 0 amide bonds. The van der Waals surface area contributed by atoms with Gasteiger partial charge in [-0.05, 0) is 31.5 Å². The number of ether oxygens (including phenoxy) is 1. The van der Waals surface area contributed by atoms with Gasteiger partial charge in [-0.2, -0.15) is 0 Å². The normalized spacial score (nSPS) is 20.4. The molecule has 16 heavy (non-hydrogen) atoms. The lowest BCUT2D eigenvalue weighted by atomic mass is 10.1. The molecule has 5 heteroatoms. The summed E-state index contributed by atoms with van der Waals surface area (Å²) in [5, 5.41) is 13.7. The number of hydrogen-bond donors (Lipinski definition) is 1. The van der Waals surface area contributed by atoms with Crippen molar-refractivity contribution in [1.82, 2.24) is 5.32 Å². The lowest BCUT2D eigenvalue weighted by Crippen LogP contribution is -2.37. The van der Waals surface area contributed by atoms with E-state index in [1.165, 1.54) is 12.1 Å². The monoisotopic (exact) mass is 222 g/mol. The van der Waals surface area contributed by atoms with Gasteiger partial charge in [-0.3, -0.25) is 10.1 Å². The predicted octanol–water partition coefficient (Wildman–Crippen LogP) is 1.73. The Balaban J connectivity index is 1.96. The van der Waals surface area contributed by atoms with E-state index in [-0.39, 0.29) is 11.8 Å².